The lowest BCUT2D eigenvalue weighted by Gasteiger charge is -2.27. The van der Waals surface area contributed by atoms with Gasteiger partial charge in [-0.3, -0.25) is 0 Å². The summed E-state index contributed by atoms with van der Waals surface area (Å²) in [6.45, 7) is 2.51. The van der Waals surface area contributed by atoms with E-state index in [1.807, 2.05) is 69.6 Å². The number of urea groups is 1. The molecule has 2 atom stereocenters. The molecule has 146 valence electrons. The molecule has 0 fully saturated rings. The quantitative estimate of drug-likeness (QED) is 0.703. The Morgan fingerprint density at radius 1 is 1.15 bits per heavy atom. The summed E-state index contributed by atoms with van der Waals surface area (Å²) in [6, 6.07) is 15.2. The molecule has 5 nitrogen and oxygen atoms in total. The van der Waals surface area contributed by atoms with Gasteiger partial charge in [0.2, 0.25) is 0 Å². The van der Waals surface area contributed by atoms with Crippen molar-refractivity contribution in [1.29, 1.82) is 0 Å². The van der Waals surface area contributed by atoms with Crippen LogP contribution in [0.5, 0.6) is 5.75 Å². The molecule has 2 amide bonds. The number of para-hydroxylation sites is 1. The highest BCUT2D eigenvalue weighted by Gasteiger charge is 2.20. The van der Waals surface area contributed by atoms with Gasteiger partial charge in [-0.1, -0.05) is 48.9 Å². The van der Waals surface area contributed by atoms with E-state index >= 15 is 0 Å². The van der Waals surface area contributed by atoms with Gasteiger partial charge in [0.05, 0.1) is 19.2 Å². The van der Waals surface area contributed by atoms with E-state index in [2.05, 4.69) is 15.5 Å². The summed E-state index contributed by atoms with van der Waals surface area (Å²) in [5.74, 6) is 0.811. The molecular weight excluding hydrogens is 362 g/mol. The zero-order valence-electron chi connectivity index (χ0n) is 16.3. The third-order valence-electron chi connectivity index (χ3n) is 4.56. The molecule has 0 saturated heterocycles. The van der Waals surface area contributed by atoms with Crippen LogP contribution in [0.4, 0.5) is 4.79 Å². The number of amides is 2. The number of methoxy groups -OCH3 is 1. The van der Waals surface area contributed by atoms with Crippen molar-refractivity contribution in [2.75, 3.05) is 27.7 Å². The van der Waals surface area contributed by atoms with E-state index in [1.54, 1.807) is 7.11 Å². The topological polar surface area (TPSA) is 53.6 Å². The van der Waals surface area contributed by atoms with Crippen LogP contribution in [0, 0.1) is 0 Å². The highest BCUT2D eigenvalue weighted by Crippen LogP contribution is 2.27. The minimum absolute atomic E-state index is 0.00232. The summed E-state index contributed by atoms with van der Waals surface area (Å²) in [4.78, 5) is 14.5. The van der Waals surface area contributed by atoms with Gasteiger partial charge in [-0.15, -0.1) is 0 Å². The standard InChI is InChI=1S/C21H28ClN3O2/c1-5-18(15-10-12-16(22)13-11-15)24-21(26)23-14-19(25(2)3)17-8-6-7-9-20(17)27-4/h6-13,18-19H,5,14H2,1-4H3,(H2,23,24,26). The average molecular weight is 390 g/mol. The monoisotopic (exact) mass is 389 g/mol. The van der Waals surface area contributed by atoms with Gasteiger partial charge in [0.15, 0.2) is 0 Å². The molecule has 0 heterocycles. The first-order chi connectivity index (χ1) is 13.0. The molecule has 2 N–H and O–H groups in total. The zero-order chi connectivity index (χ0) is 19.8. The van der Waals surface area contributed by atoms with Gasteiger partial charge >= 0.3 is 6.03 Å². The van der Waals surface area contributed by atoms with E-state index in [-0.39, 0.29) is 18.1 Å². The maximum atomic E-state index is 12.5. The molecule has 2 rings (SSSR count). The molecule has 6 heteroatoms. The van der Waals surface area contributed by atoms with Crippen LogP contribution in [-0.2, 0) is 0 Å². The number of nitrogens with one attached hydrogen (secondary N) is 2. The molecular formula is C21H28ClN3O2. The Balaban J connectivity index is 2.02. The first-order valence-electron chi connectivity index (χ1n) is 9.05. The summed E-state index contributed by atoms with van der Waals surface area (Å²) in [6.07, 6.45) is 0.790. The van der Waals surface area contributed by atoms with Gasteiger partial charge in [0.1, 0.15) is 5.75 Å². The van der Waals surface area contributed by atoms with Crippen molar-refractivity contribution in [3.05, 3.63) is 64.7 Å². The van der Waals surface area contributed by atoms with Crippen LogP contribution in [0.1, 0.15) is 36.6 Å². The van der Waals surface area contributed by atoms with E-state index in [1.165, 1.54) is 0 Å². The van der Waals surface area contributed by atoms with Crippen LogP contribution in [0.25, 0.3) is 0 Å². The summed E-state index contributed by atoms with van der Waals surface area (Å²) in [5.41, 5.74) is 2.07. The highest BCUT2D eigenvalue weighted by molar-refractivity contribution is 6.30. The van der Waals surface area contributed by atoms with Crippen LogP contribution in [0.3, 0.4) is 0 Å². The van der Waals surface area contributed by atoms with Crippen molar-refractivity contribution in [3.63, 3.8) is 0 Å². The molecule has 2 aromatic carbocycles. The number of nitrogens with zero attached hydrogens (tertiary/aromatic N) is 1. The third-order valence-corrected chi connectivity index (χ3v) is 4.82. The lowest BCUT2D eigenvalue weighted by Crippen LogP contribution is -2.41. The van der Waals surface area contributed by atoms with E-state index in [0.717, 1.165) is 23.3 Å². The molecule has 0 saturated carbocycles. The number of carbonyl (C=O) groups is 1. The second-order valence-corrected chi connectivity index (χ2v) is 7.02. The Labute approximate surface area is 166 Å². The molecule has 2 unspecified atom stereocenters. The average Bonchev–Trinajstić information content (AvgIpc) is 2.67. The summed E-state index contributed by atoms with van der Waals surface area (Å²) < 4.78 is 5.47. The Bertz CT molecular complexity index is 734. The number of rotatable bonds is 8. The predicted molar refractivity (Wildman–Crippen MR) is 110 cm³/mol. The van der Waals surface area contributed by atoms with Crippen molar-refractivity contribution >= 4 is 17.6 Å². The largest absolute Gasteiger partial charge is 0.496 e. The summed E-state index contributed by atoms with van der Waals surface area (Å²) in [5, 5.41) is 6.70. The van der Waals surface area contributed by atoms with Gasteiger partial charge in [-0.05, 0) is 44.3 Å². The molecule has 0 aliphatic heterocycles. The van der Waals surface area contributed by atoms with Gasteiger partial charge in [0, 0.05) is 17.1 Å². The Hall–Kier alpha value is -2.24. The van der Waals surface area contributed by atoms with Gasteiger partial charge in [-0.2, -0.15) is 0 Å². The van der Waals surface area contributed by atoms with E-state index in [9.17, 15) is 4.79 Å². The molecule has 0 radical (unpaired) electrons. The number of ether oxygens (including phenoxy) is 1. The van der Waals surface area contributed by atoms with Crippen molar-refractivity contribution < 1.29 is 9.53 Å². The fourth-order valence-electron chi connectivity index (χ4n) is 3.03. The second kappa shape index (κ2) is 10.2. The van der Waals surface area contributed by atoms with Gasteiger partial charge in [-0.25, -0.2) is 4.79 Å². The molecule has 0 bridgehead atoms. The van der Waals surface area contributed by atoms with Gasteiger partial charge in [0.25, 0.3) is 0 Å². The first-order valence-corrected chi connectivity index (χ1v) is 9.43. The number of halogens is 1. The lowest BCUT2D eigenvalue weighted by molar-refractivity contribution is 0.228. The maximum Gasteiger partial charge on any atom is 0.315 e. The SMILES string of the molecule is CCC(NC(=O)NCC(c1ccccc1OC)N(C)C)c1ccc(Cl)cc1. The first kappa shape index (κ1) is 21.1. The van der Waals surface area contributed by atoms with Crippen molar-refractivity contribution in [3.8, 4) is 5.75 Å². The van der Waals surface area contributed by atoms with Gasteiger partial charge < -0.3 is 20.3 Å². The molecule has 0 aliphatic carbocycles. The molecule has 27 heavy (non-hydrogen) atoms. The Kier molecular flexibility index (Phi) is 7.95. The third kappa shape index (κ3) is 5.88. The van der Waals surface area contributed by atoms with Crippen molar-refractivity contribution in [1.82, 2.24) is 15.5 Å². The van der Waals surface area contributed by atoms with Crippen LogP contribution < -0.4 is 15.4 Å². The Morgan fingerprint density at radius 3 is 2.41 bits per heavy atom. The molecule has 0 spiro atoms. The summed E-state index contributed by atoms with van der Waals surface area (Å²) >= 11 is 5.95. The molecule has 2 aromatic rings. The smallest absolute Gasteiger partial charge is 0.315 e. The van der Waals surface area contributed by atoms with Crippen LogP contribution >= 0.6 is 11.6 Å². The van der Waals surface area contributed by atoms with Crippen molar-refractivity contribution in [2.24, 2.45) is 0 Å². The molecule has 0 aromatic heterocycles. The number of likely N-dealkylation sites (N-methyl/N-ethyl adjacent to an activating group) is 1. The predicted octanol–water partition coefficient (Wildman–Crippen LogP) is 4.40. The number of benzene rings is 2. The highest BCUT2D eigenvalue weighted by atomic mass is 35.5. The maximum absolute atomic E-state index is 12.5. The van der Waals surface area contributed by atoms with Crippen LogP contribution in [0.2, 0.25) is 5.02 Å². The second-order valence-electron chi connectivity index (χ2n) is 6.59. The minimum atomic E-state index is -0.196. The molecule has 0 aliphatic rings. The summed E-state index contributed by atoms with van der Waals surface area (Å²) in [7, 11) is 5.63. The number of hydrogen-bond donors (Lipinski definition) is 2. The van der Waals surface area contributed by atoms with Crippen LogP contribution in [-0.4, -0.2) is 38.7 Å². The fraction of sp³-hybridized carbons (Fsp3) is 0.381. The number of hydrogen-bond acceptors (Lipinski definition) is 3. The normalized spacial score (nSPS) is 13.1. The van der Waals surface area contributed by atoms with Crippen molar-refractivity contribution in [2.45, 2.75) is 25.4 Å². The minimum Gasteiger partial charge on any atom is -0.496 e. The Morgan fingerprint density at radius 2 is 1.81 bits per heavy atom. The number of carbonyl (C=O) groups excluding carboxylic acids is 1. The van der Waals surface area contributed by atoms with E-state index < -0.39 is 0 Å². The zero-order valence-corrected chi connectivity index (χ0v) is 17.1. The van der Waals surface area contributed by atoms with E-state index in [4.69, 9.17) is 16.3 Å². The van der Waals surface area contributed by atoms with E-state index in [0.29, 0.717) is 11.6 Å². The van der Waals surface area contributed by atoms with Crippen LogP contribution in [0.15, 0.2) is 48.5 Å². The lowest BCUT2D eigenvalue weighted by atomic mass is 10.0. The fourth-order valence-corrected chi connectivity index (χ4v) is 3.15.